The zero-order valence-electron chi connectivity index (χ0n) is 35.1. The maximum absolute atomic E-state index is 14.2. The van der Waals surface area contributed by atoms with Crippen molar-refractivity contribution >= 4 is 23.6 Å². The monoisotopic (exact) mass is 818 g/mol. The number of rotatable bonds is 23. The third-order valence-corrected chi connectivity index (χ3v) is 12.0. The molecule has 58 heavy (non-hydrogen) atoms. The van der Waals surface area contributed by atoms with E-state index >= 15 is 0 Å². The number of hydrogen-bond donors (Lipinski definition) is 2. The van der Waals surface area contributed by atoms with Gasteiger partial charge in [0.25, 0.3) is 0 Å². The summed E-state index contributed by atoms with van der Waals surface area (Å²) in [6.45, 7) is 17.4. The Hall–Kier alpha value is -3.77. The van der Waals surface area contributed by atoms with Gasteiger partial charge in [-0.1, -0.05) is 61.3 Å². The number of nitrogens with zero attached hydrogens (tertiary/aromatic N) is 2. The van der Waals surface area contributed by atoms with Crippen LogP contribution in [0.1, 0.15) is 97.0 Å². The lowest BCUT2D eigenvalue weighted by Gasteiger charge is -2.60. The summed E-state index contributed by atoms with van der Waals surface area (Å²) in [5, 5.41) is 24.7. The van der Waals surface area contributed by atoms with Crippen LogP contribution in [0.15, 0.2) is 95.5 Å². The number of carbonyl (C=O) groups is 1. The summed E-state index contributed by atoms with van der Waals surface area (Å²) in [6.07, 6.45) is 11.7. The number of allylic oxidation sites excluding steroid dienone is 1. The molecule has 10 nitrogen and oxygen atoms in total. The van der Waals surface area contributed by atoms with Crippen molar-refractivity contribution in [2.75, 3.05) is 45.3 Å². The van der Waals surface area contributed by atoms with E-state index in [1.165, 1.54) is 4.90 Å². The molecular formula is C47H66N2O8S. The molecule has 0 aromatic heterocycles. The third kappa shape index (κ3) is 11.3. The normalized spacial score (nSPS) is 24.1. The van der Waals surface area contributed by atoms with Gasteiger partial charge in [-0.3, -0.25) is 4.90 Å². The van der Waals surface area contributed by atoms with E-state index in [2.05, 4.69) is 37.4 Å². The molecular weight excluding hydrogens is 753 g/mol. The van der Waals surface area contributed by atoms with Crippen LogP contribution in [0, 0.1) is 17.8 Å². The van der Waals surface area contributed by atoms with Gasteiger partial charge in [0.1, 0.15) is 23.1 Å². The van der Waals surface area contributed by atoms with E-state index in [0.717, 1.165) is 54.0 Å². The van der Waals surface area contributed by atoms with Crippen molar-refractivity contribution in [3.8, 4) is 11.5 Å². The van der Waals surface area contributed by atoms with Crippen LogP contribution >= 0.6 is 11.8 Å². The molecule has 6 atom stereocenters. The summed E-state index contributed by atoms with van der Waals surface area (Å²) in [5.74, 6) is 0.584. The highest BCUT2D eigenvalue weighted by Crippen LogP contribution is 2.62. The van der Waals surface area contributed by atoms with Crippen LogP contribution in [0.2, 0.25) is 0 Å². The van der Waals surface area contributed by atoms with Crippen LogP contribution in [0.3, 0.4) is 0 Å². The number of thioether (sulfide) groups is 1. The molecule has 1 fully saturated rings. The van der Waals surface area contributed by atoms with E-state index in [9.17, 15) is 15.0 Å². The Labute approximate surface area is 350 Å². The fraction of sp³-hybridized carbons (Fsp3) is 0.574. The number of oxime groups is 1. The van der Waals surface area contributed by atoms with Gasteiger partial charge in [-0.05, 0) is 107 Å². The van der Waals surface area contributed by atoms with Gasteiger partial charge in [0.15, 0.2) is 0 Å². The predicted molar refractivity (Wildman–Crippen MR) is 232 cm³/mol. The lowest BCUT2D eigenvalue weighted by atomic mass is 9.55. The fourth-order valence-corrected chi connectivity index (χ4v) is 9.45. The first-order chi connectivity index (χ1) is 28.1. The molecule has 0 radical (unpaired) electrons. The summed E-state index contributed by atoms with van der Waals surface area (Å²) in [4.78, 5) is 23.4. The third-order valence-electron chi connectivity index (χ3n) is 11.1. The number of unbranched alkanes of at least 4 members (excludes halogenated alkanes) is 2. The van der Waals surface area contributed by atoms with Gasteiger partial charge < -0.3 is 34.0 Å². The van der Waals surface area contributed by atoms with Gasteiger partial charge in [0, 0.05) is 48.3 Å². The van der Waals surface area contributed by atoms with Crippen molar-refractivity contribution in [2.45, 2.75) is 114 Å². The lowest BCUT2D eigenvalue weighted by molar-refractivity contribution is -0.255. The number of hydrogen-bond acceptors (Lipinski definition) is 10. The van der Waals surface area contributed by atoms with Gasteiger partial charge in [-0.2, -0.15) is 0 Å². The van der Waals surface area contributed by atoms with Crippen LogP contribution in [0.4, 0.5) is 4.79 Å². The first-order valence-electron chi connectivity index (χ1n) is 21.2. The molecule has 318 valence electrons. The number of benzene rings is 2. The molecule has 1 heterocycles. The maximum atomic E-state index is 14.2. The summed E-state index contributed by atoms with van der Waals surface area (Å²) < 4.78 is 26.7. The molecule has 0 spiro atoms. The smallest absolute Gasteiger partial charge is 0.410 e. The topological polar surface area (TPSA) is 119 Å². The minimum absolute atomic E-state index is 0.111. The second-order valence-electron chi connectivity index (χ2n) is 16.4. The number of aliphatic hydroxyl groups excluding tert-OH is 2. The van der Waals surface area contributed by atoms with Crippen LogP contribution in [-0.4, -0.2) is 89.7 Å². The van der Waals surface area contributed by atoms with Gasteiger partial charge in [-0.15, -0.1) is 24.9 Å². The molecule has 0 bridgehead atoms. The van der Waals surface area contributed by atoms with Gasteiger partial charge in [-0.25, -0.2) is 4.79 Å². The SMILES string of the molecule is C=CCCOC(=O)N(CCC)[C@H]1CC(=NOC(C)(C)C)C2=C[C@H](CCCCO)[C@@H](CCCCO)[C@@H]3c4cc(OCCSc5ccccc5)ccc4O[C@@]1(OCC=C)[C@H]23. The van der Waals surface area contributed by atoms with E-state index in [4.69, 9.17) is 28.9 Å². The number of carbonyl (C=O) groups excluding carboxylic acids is 1. The zero-order chi connectivity index (χ0) is 41.5. The van der Waals surface area contributed by atoms with Gasteiger partial charge in [0.05, 0.1) is 31.5 Å². The van der Waals surface area contributed by atoms with Crippen molar-refractivity contribution in [1.29, 1.82) is 0 Å². The Morgan fingerprint density at radius 3 is 2.48 bits per heavy atom. The quantitative estimate of drug-likeness (QED) is 0.0489. The molecule has 1 saturated carbocycles. The molecule has 0 saturated heterocycles. The van der Waals surface area contributed by atoms with Crippen LogP contribution in [0.25, 0.3) is 0 Å². The van der Waals surface area contributed by atoms with E-state index in [1.807, 2.05) is 58.0 Å². The molecule has 5 rings (SSSR count). The highest BCUT2D eigenvalue weighted by atomic mass is 32.2. The summed E-state index contributed by atoms with van der Waals surface area (Å²) >= 11 is 1.76. The molecule has 2 aromatic carbocycles. The van der Waals surface area contributed by atoms with E-state index < -0.39 is 29.4 Å². The van der Waals surface area contributed by atoms with Crippen molar-refractivity contribution in [3.05, 3.63) is 91.1 Å². The fourth-order valence-electron chi connectivity index (χ4n) is 8.69. The Morgan fingerprint density at radius 2 is 1.79 bits per heavy atom. The van der Waals surface area contributed by atoms with Crippen LogP contribution in [-0.2, 0) is 14.3 Å². The number of ether oxygens (including phenoxy) is 4. The Kier molecular flexibility index (Phi) is 17.2. The average molecular weight is 819 g/mol. The number of fused-ring (bicyclic) bond motifs is 2. The molecule has 11 heteroatoms. The van der Waals surface area contributed by atoms with Crippen molar-refractivity contribution in [2.24, 2.45) is 22.9 Å². The minimum atomic E-state index is -1.34. The molecule has 3 aliphatic rings. The first-order valence-corrected chi connectivity index (χ1v) is 22.2. The summed E-state index contributed by atoms with van der Waals surface area (Å²) in [6, 6.07) is 15.8. The maximum Gasteiger partial charge on any atom is 0.410 e. The first kappa shape index (κ1) is 45.3. The van der Waals surface area contributed by atoms with E-state index in [1.54, 1.807) is 28.8 Å². The Bertz CT molecular complexity index is 1690. The number of amides is 1. The highest BCUT2D eigenvalue weighted by molar-refractivity contribution is 7.99. The second-order valence-corrected chi connectivity index (χ2v) is 17.5. The molecule has 2 N–H and O–H groups in total. The van der Waals surface area contributed by atoms with Crippen molar-refractivity contribution < 1.29 is 38.8 Å². The Balaban J connectivity index is 1.70. The highest BCUT2D eigenvalue weighted by Gasteiger charge is 2.65. The van der Waals surface area contributed by atoms with Crippen molar-refractivity contribution in [3.63, 3.8) is 0 Å². The number of aliphatic hydroxyl groups is 2. The van der Waals surface area contributed by atoms with E-state index in [-0.39, 0.29) is 44.2 Å². The molecule has 1 amide bonds. The molecule has 0 unspecified atom stereocenters. The standard InChI is InChI=1S/C47H66N2O8S/c1-7-10-28-54-45(52)49(24-8-2)42-33-40(48-57-46(4,5)6)38-31-34(18-14-16-25-50)37(21-15-17-26-51)43-39-32-35(53-29-30-58-36-19-12-11-13-20-36)22-23-41(39)56-47(42,44(38)43)55-27-9-3/h7,9,11-13,19-20,22-23,31-32,34,37,42-44,50-51H,1,3,8,10,14-18,21,24-30,33H2,2,4-6H3/t34-,37+,42-,43+,44+,47+/m0/s1. The van der Waals surface area contributed by atoms with Gasteiger partial charge >= 0.3 is 6.09 Å². The molecule has 2 aromatic rings. The van der Waals surface area contributed by atoms with Crippen LogP contribution < -0.4 is 9.47 Å². The molecule has 1 aliphatic heterocycles. The zero-order valence-corrected chi connectivity index (χ0v) is 35.9. The van der Waals surface area contributed by atoms with Crippen molar-refractivity contribution in [1.82, 2.24) is 4.90 Å². The summed E-state index contributed by atoms with van der Waals surface area (Å²) in [5.41, 5.74) is 2.21. The van der Waals surface area contributed by atoms with Gasteiger partial charge in [0.2, 0.25) is 5.79 Å². The predicted octanol–water partition coefficient (Wildman–Crippen LogP) is 9.71. The largest absolute Gasteiger partial charge is 0.493 e. The minimum Gasteiger partial charge on any atom is -0.493 e. The van der Waals surface area contributed by atoms with Crippen LogP contribution in [0.5, 0.6) is 11.5 Å². The van der Waals surface area contributed by atoms with E-state index in [0.29, 0.717) is 51.0 Å². The summed E-state index contributed by atoms with van der Waals surface area (Å²) in [7, 11) is 0. The average Bonchev–Trinajstić information content (AvgIpc) is 3.21. The Morgan fingerprint density at radius 1 is 1.03 bits per heavy atom. The molecule has 2 aliphatic carbocycles. The second kappa shape index (κ2) is 22.0. The lowest BCUT2D eigenvalue weighted by Crippen LogP contribution is -2.70.